The lowest BCUT2D eigenvalue weighted by Crippen LogP contribution is -2.58. The van der Waals surface area contributed by atoms with Crippen molar-refractivity contribution in [3.05, 3.63) is 29.3 Å². The Balaban J connectivity index is 1.50. The van der Waals surface area contributed by atoms with Crippen molar-refractivity contribution >= 4 is 23.4 Å². The molecule has 2 aliphatic rings. The third-order valence-corrected chi connectivity index (χ3v) is 6.21. The van der Waals surface area contributed by atoms with Gasteiger partial charge in [0.2, 0.25) is 5.91 Å². The van der Waals surface area contributed by atoms with E-state index in [-0.39, 0.29) is 24.5 Å². The fraction of sp³-hybridized carbons (Fsp3) is 0.636. The molecule has 0 aromatic heterocycles. The number of piperazine rings is 1. The number of hydrogen-bond donors (Lipinski definition) is 1. The maximum Gasteiger partial charge on any atom is 0.260 e. The average Bonchev–Trinajstić information content (AvgIpc) is 3.28. The van der Waals surface area contributed by atoms with Gasteiger partial charge in [-0.2, -0.15) is 0 Å². The number of benzene rings is 1. The molecule has 0 spiro atoms. The highest BCUT2D eigenvalue weighted by Crippen LogP contribution is 2.31. The average molecular weight is 438 g/mol. The van der Waals surface area contributed by atoms with Crippen LogP contribution in [0.1, 0.15) is 25.7 Å². The van der Waals surface area contributed by atoms with E-state index < -0.39 is 0 Å². The molecular weight excluding hydrogens is 406 g/mol. The summed E-state index contributed by atoms with van der Waals surface area (Å²) >= 11 is 5.87. The normalized spacial score (nSPS) is 18.9. The van der Waals surface area contributed by atoms with Crippen molar-refractivity contribution in [3.63, 3.8) is 0 Å². The number of amides is 2. The topological polar surface area (TPSA) is 71.1 Å². The summed E-state index contributed by atoms with van der Waals surface area (Å²) in [6, 6.07) is 6.86. The molecule has 8 heteroatoms. The molecule has 0 radical (unpaired) electrons. The molecule has 166 valence electrons. The third kappa shape index (κ3) is 6.33. The number of carbonyl (C=O) groups is 2. The van der Waals surface area contributed by atoms with Gasteiger partial charge in [0, 0.05) is 44.9 Å². The Labute approximate surface area is 183 Å². The van der Waals surface area contributed by atoms with E-state index in [1.165, 1.54) is 12.8 Å². The highest BCUT2D eigenvalue weighted by molar-refractivity contribution is 6.30. The second kappa shape index (κ2) is 11.5. The minimum absolute atomic E-state index is 0.00515. The Morgan fingerprint density at radius 3 is 2.43 bits per heavy atom. The van der Waals surface area contributed by atoms with Gasteiger partial charge in [0.1, 0.15) is 5.75 Å². The fourth-order valence-electron chi connectivity index (χ4n) is 4.35. The predicted molar refractivity (Wildman–Crippen MR) is 116 cm³/mol. The first kappa shape index (κ1) is 22.8. The monoisotopic (exact) mass is 437 g/mol. The standard InChI is InChI=1S/C22H32ClN3O4/c1-29-15-10-24-22(28)21(17-4-2-3-5-17)26-13-11-25(12-14-26)20(27)16-30-19-8-6-18(23)7-9-19/h6-9,17,21H,2-5,10-16H2,1H3,(H,24,28). The van der Waals surface area contributed by atoms with E-state index in [4.69, 9.17) is 21.1 Å². The minimum Gasteiger partial charge on any atom is -0.484 e. The lowest BCUT2D eigenvalue weighted by Gasteiger charge is -2.40. The van der Waals surface area contributed by atoms with E-state index in [9.17, 15) is 9.59 Å². The van der Waals surface area contributed by atoms with Crippen LogP contribution in [0.2, 0.25) is 5.02 Å². The van der Waals surface area contributed by atoms with Crippen molar-refractivity contribution in [2.24, 2.45) is 5.92 Å². The summed E-state index contributed by atoms with van der Waals surface area (Å²) in [5.41, 5.74) is 0. The maximum atomic E-state index is 12.9. The molecule has 3 rings (SSSR count). The van der Waals surface area contributed by atoms with Crippen LogP contribution < -0.4 is 10.1 Å². The molecule has 1 unspecified atom stereocenters. The zero-order valence-corrected chi connectivity index (χ0v) is 18.4. The lowest BCUT2D eigenvalue weighted by atomic mass is 9.95. The van der Waals surface area contributed by atoms with Gasteiger partial charge in [-0.3, -0.25) is 14.5 Å². The zero-order valence-electron chi connectivity index (χ0n) is 17.6. The molecule has 1 atom stereocenters. The van der Waals surface area contributed by atoms with Crippen LogP contribution in [-0.4, -0.2) is 80.7 Å². The van der Waals surface area contributed by atoms with Crippen molar-refractivity contribution in [1.82, 2.24) is 15.1 Å². The van der Waals surface area contributed by atoms with Crippen LogP contribution in [0, 0.1) is 5.92 Å². The SMILES string of the molecule is COCCNC(=O)C(C1CCCC1)N1CCN(C(=O)COc2ccc(Cl)cc2)CC1. The van der Waals surface area contributed by atoms with E-state index in [1.54, 1.807) is 31.4 Å². The number of halogens is 1. The smallest absolute Gasteiger partial charge is 0.260 e. The summed E-state index contributed by atoms with van der Waals surface area (Å²) in [5.74, 6) is 1.07. The molecule has 0 bridgehead atoms. The number of hydrogen-bond acceptors (Lipinski definition) is 5. The van der Waals surface area contributed by atoms with E-state index >= 15 is 0 Å². The molecule has 1 aliphatic heterocycles. The Hall–Kier alpha value is -1.83. The molecule has 1 heterocycles. The number of ether oxygens (including phenoxy) is 2. The number of methoxy groups -OCH3 is 1. The Morgan fingerprint density at radius 2 is 1.80 bits per heavy atom. The molecule has 2 fully saturated rings. The highest BCUT2D eigenvalue weighted by atomic mass is 35.5. The summed E-state index contributed by atoms with van der Waals surface area (Å²) in [4.78, 5) is 29.5. The van der Waals surface area contributed by atoms with Gasteiger partial charge < -0.3 is 19.7 Å². The molecule has 7 nitrogen and oxygen atoms in total. The van der Waals surface area contributed by atoms with Crippen LogP contribution in [0.5, 0.6) is 5.75 Å². The molecule has 1 aromatic carbocycles. The highest BCUT2D eigenvalue weighted by Gasteiger charge is 2.37. The second-order valence-electron chi connectivity index (χ2n) is 7.93. The van der Waals surface area contributed by atoms with Gasteiger partial charge in [0.15, 0.2) is 6.61 Å². The molecule has 2 amide bonds. The van der Waals surface area contributed by atoms with E-state index in [2.05, 4.69) is 10.2 Å². The summed E-state index contributed by atoms with van der Waals surface area (Å²) in [6.07, 6.45) is 4.56. The minimum atomic E-state index is -0.119. The number of carbonyl (C=O) groups excluding carboxylic acids is 2. The van der Waals surface area contributed by atoms with Gasteiger partial charge in [0.05, 0.1) is 12.6 Å². The fourth-order valence-corrected chi connectivity index (χ4v) is 4.47. The van der Waals surface area contributed by atoms with Crippen LogP contribution >= 0.6 is 11.6 Å². The Bertz CT molecular complexity index is 686. The van der Waals surface area contributed by atoms with E-state index in [0.29, 0.717) is 56.0 Å². The molecule has 1 N–H and O–H groups in total. The van der Waals surface area contributed by atoms with Crippen LogP contribution in [0.4, 0.5) is 0 Å². The summed E-state index contributed by atoms with van der Waals surface area (Å²) in [7, 11) is 1.63. The third-order valence-electron chi connectivity index (χ3n) is 5.96. The second-order valence-corrected chi connectivity index (χ2v) is 8.37. The number of nitrogens with zero attached hydrogens (tertiary/aromatic N) is 2. The van der Waals surface area contributed by atoms with Crippen molar-refractivity contribution in [1.29, 1.82) is 0 Å². The first-order valence-electron chi connectivity index (χ1n) is 10.8. The van der Waals surface area contributed by atoms with Crippen LogP contribution in [0.3, 0.4) is 0 Å². The number of nitrogens with one attached hydrogen (secondary N) is 1. The molecule has 30 heavy (non-hydrogen) atoms. The van der Waals surface area contributed by atoms with Crippen molar-refractivity contribution in [2.75, 3.05) is 53.0 Å². The molecule has 1 saturated heterocycles. The lowest BCUT2D eigenvalue weighted by molar-refractivity contribution is -0.137. The number of rotatable bonds is 9. The Morgan fingerprint density at radius 1 is 1.13 bits per heavy atom. The van der Waals surface area contributed by atoms with Gasteiger partial charge >= 0.3 is 0 Å². The summed E-state index contributed by atoms with van der Waals surface area (Å²) in [6.45, 7) is 3.66. The molecular formula is C22H32ClN3O4. The van der Waals surface area contributed by atoms with Gasteiger partial charge in [-0.1, -0.05) is 24.4 Å². The first-order chi connectivity index (χ1) is 14.6. The van der Waals surface area contributed by atoms with Gasteiger partial charge in [0.25, 0.3) is 5.91 Å². The van der Waals surface area contributed by atoms with Gasteiger partial charge in [-0.15, -0.1) is 0 Å². The summed E-state index contributed by atoms with van der Waals surface area (Å²) < 4.78 is 10.6. The predicted octanol–water partition coefficient (Wildman–Crippen LogP) is 2.18. The van der Waals surface area contributed by atoms with Crippen LogP contribution in [0.25, 0.3) is 0 Å². The van der Waals surface area contributed by atoms with E-state index in [0.717, 1.165) is 12.8 Å². The molecule has 1 aromatic rings. The molecule has 1 saturated carbocycles. The largest absolute Gasteiger partial charge is 0.484 e. The quantitative estimate of drug-likeness (QED) is 0.599. The summed E-state index contributed by atoms with van der Waals surface area (Å²) in [5, 5.41) is 3.65. The van der Waals surface area contributed by atoms with Crippen molar-refractivity contribution < 1.29 is 19.1 Å². The van der Waals surface area contributed by atoms with E-state index in [1.807, 2.05) is 4.90 Å². The van der Waals surface area contributed by atoms with Gasteiger partial charge in [-0.05, 0) is 43.0 Å². The first-order valence-corrected chi connectivity index (χ1v) is 11.1. The van der Waals surface area contributed by atoms with Crippen molar-refractivity contribution in [3.8, 4) is 5.75 Å². The van der Waals surface area contributed by atoms with Crippen LogP contribution in [0.15, 0.2) is 24.3 Å². The maximum absolute atomic E-state index is 12.9. The zero-order chi connectivity index (χ0) is 21.3. The van der Waals surface area contributed by atoms with Crippen molar-refractivity contribution in [2.45, 2.75) is 31.7 Å². The Kier molecular flexibility index (Phi) is 8.78. The molecule has 1 aliphatic carbocycles. The van der Waals surface area contributed by atoms with Gasteiger partial charge in [-0.25, -0.2) is 0 Å². The van der Waals surface area contributed by atoms with Crippen LogP contribution in [-0.2, 0) is 14.3 Å².